The Labute approximate surface area is 438 Å². The first kappa shape index (κ1) is 66.9. The molecule has 1 fully saturated rings. The topological polar surface area (TPSA) is 72.5 Å². The third-order valence-corrected chi connectivity index (χ3v) is 11.8. The van der Waals surface area contributed by atoms with E-state index >= 15 is 0 Å². The fraction of sp³-hybridized carbons (Fsp3) is 0.518. The Kier molecular flexibility index (Phi) is 35.5. The molecule has 0 aliphatic carbocycles. The van der Waals surface area contributed by atoms with Crippen molar-refractivity contribution < 1.29 is 54.8 Å². The number of rotatable bonds is 20. The van der Waals surface area contributed by atoms with Crippen LogP contribution in [0, 0.1) is 12.6 Å². The minimum absolute atomic E-state index is 0.0354. The van der Waals surface area contributed by atoms with Gasteiger partial charge >= 0.3 is 151 Å². The molecule has 0 unspecified atom stereocenters. The molecule has 0 spiro atoms. The number of nitrogens with one attached hydrogen (secondary N) is 1. The number of hydrogen-bond acceptors (Lipinski definition) is 7. The minimum atomic E-state index is -2.00. The summed E-state index contributed by atoms with van der Waals surface area (Å²) in [6, 6.07) is 19.0. The van der Waals surface area contributed by atoms with Gasteiger partial charge in [-0.1, -0.05) is 125 Å². The molecular formula is C56H84Cl2F4N3O5Ru-. The Morgan fingerprint density at radius 2 is 1.18 bits per heavy atom. The summed E-state index contributed by atoms with van der Waals surface area (Å²) in [4.78, 5) is 16.7. The van der Waals surface area contributed by atoms with Crippen molar-refractivity contribution in [3.05, 3.63) is 127 Å². The van der Waals surface area contributed by atoms with E-state index in [9.17, 15) is 22.4 Å². The van der Waals surface area contributed by atoms with Gasteiger partial charge in [-0.3, -0.25) is 0 Å². The van der Waals surface area contributed by atoms with Gasteiger partial charge in [-0.15, -0.1) is 0 Å². The monoisotopic (exact) mass is 1130 g/mol. The Bertz CT molecular complexity index is 1930. The van der Waals surface area contributed by atoms with Gasteiger partial charge in [0.15, 0.2) is 0 Å². The summed E-state index contributed by atoms with van der Waals surface area (Å²) in [5, 5.41) is 2.68. The predicted octanol–water partition coefficient (Wildman–Crippen LogP) is 18.3. The molecule has 1 aliphatic heterocycles. The number of para-hydroxylation sites is 2. The van der Waals surface area contributed by atoms with Crippen LogP contribution in [0.25, 0.3) is 0 Å². The molecule has 404 valence electrons. The molecule has 3 aromatic carbocycles. The van der Waals surface area contributed by atoms with Crippen LogP contribution < -0.4 is 19.9 Å². The zero-order valence-electron chi connectivity index (χ0n) is 44.8. The Morgan fingerprint density at radius 3 is 1.54 bits per heavy atom. The molecule has 8 nitrogen and oxygen atoms in total. The van der Waals surface area contributed by atoms with E-state index in [1.165, 1.54) is 46.3 Å². The van der Waals surface area contributed by atoms with Gasteiger partial charge in [0.2, 0.25) is 0 Å². The van der Waals surface area contributed by atoms with Crippen molar-refractivity contribution in [2.45, 2.75) is 152 Å². The summed E-state index contributed by atoms with van der Waals surface area (Å²) >= 11 is -2.00. The van der Waals surface area contributed by atoms with Crippen molar-refractivity contribution in [1.29, 1.82) is 0 Å². The van der Waals surface area contributed by atoms with E-state index in [2.05, 4.69) is 138 Å². The average Bonchev–Trinajstić information content (AvgIpc) is 3.77. The fourth-order valence-electron chi connectivity index (χ4n) is 6.73. The van der Waals surface area contributed by atoms with E-state index in [0.717, 1.165) is 44.5 Å². The number of benzene rings is 3. The van der Waals surface area contributed by atoms with Crippen molar-refractivity contribution in [2.75, 3.05) is 48.0 Å². The number of unbranched alkanes of at least 4 members (excludes halogenated alkanes) is 2. The summed E-state index contributed by atoms with van der Waals surface area (Å²) in [7, 11) is 11.9. The maximum Gasteiger partial charge on any atom is 0.304 e. The zero-order valence-corrected chi connectivity index (χ0v) is 48.1. The summed E-state index contributed by atoms with van der Waals surface area (Å²) in [5.74, 6) is 3.04. The SMILES string of the molecule is C=C(F)F.C=COCCCC.CC(C)COC(=O)Nc1ccc(OC(C)C)c([CH]=[Ru]([Cl])[Cl])c1.CC(C)c1cccc(C(C)C)c1N1[CH-]N(c2c(C(C)C)cccc2C(C)C)CC1.CCCCOC=C(F)F. The molecule has 15 heteroatoms. The molecule has 1 aliphatic rings. The summed E-state index contributed by atoms with van der Waals surface area (Å²) < 4.78 is 64.5. The van der Waals surface area contributed by atoms with Crippen molar-refractivity contribution in [2.24, 2.45) is 5.92 Å². The van der Waals surface area contributed by atoms with Crippen molar-refractivity contribution in [3.8, 4) is 5.75 Å². The first-order chi connectivity index (χ1) is 33.4. The van der Waals surface area contributed by atoms with Gasteiger partial charge in [0.1, 0.15) is 6.26 Å². The van der Waals surface area contributed by atoms with Gasteiger partial charge in [0.25, 0.3) is 6.08 Å². The van der Waals surface area contributed by atoms with Crippen LogP contribution in [0.1, 0.15) is 174 Å². The zero-order chi connectivity index (χ0) is 54.2. The molecule has 0 bridgehead atoms. The molecule has 1 saturated heterocycles. The van der Waals surface area contributed by atoms with E-state index in [1.54, 1.807) is 22.8 Å². The largest absolute Gasteiger partial charge is 0.502 e. The van der Waals surface area contributed by atoms with Gasteiger partial charge in [-0.05, 0) is 65.3 Å². The molecule has 0 radical (unpaired) electrons. The van der Waals surface area contributed by atoms with Crippen molar-refractivity contribution in [1.82, 2.24) is 0 Å². The molecule has 1 heterocycles. The van der Waals surface area contributed by atoms with Crippen LogP contribution in [0.3, 0.4) is 0 Å². The van der Waals surface area contributed by atoms with Crippen molar-refractivity contribution in [3.63, 3.8) is 0 Å². The molecule has 4 rings (SSSR count). The number of halogens is 6. The van der Waals surface area contributed by atoms with E-state index in [1.807, 2.05) is 34.6 Å². The minimum Gasteiger partial charge on any atom is -0.502 e. The van der Waals surface area contributed by atoms with Gasteiger partial charge in [0, 0.05) is 24.5 Å². The summed E-state index contributed by atoms with van der Waals surface area (Å²) in [6.45, 7) is 42.0. The van der Waals surface area contributed by atoms with Crippen LogP contribution in [-0.4, -0.2) is 49.7 Å². The third kappa shape index (κ3) is 28.7. The smallest absolute Gasteiger partial charge is 0.304 e. The number of hydrogen-bond donors (Lipinski definition) is 1. The standard InChI is InChI=1S/C27H39N2.C15H21NO3.C6H10F2O.C6H12O.C2H2F2.2ClH.Ru/c1-18(2)22-11-9-12-23(19(3)4)26(22)28-15-16-29(17-28)27-24(20(5)6)13-10-14-25(27)21(7)8;1-10(2)9-18-15(17)16-13-6-7-14(12(5)8-13)19-11(3)4;1-2-3-4-9-5-6(7)8;1-3-5-6-7-4-2;1-2(3)4;;;/h9-14,17-21H,15-16H2,1-8H3;5-8,10-11H,9H2,1-4H3,(H,16,17);5H,2-4H2,1H3;4H,2-3,5-6H2,1H3;1H2;2*1H;/q-1;;;;;;;+2/p-2. The normalized spacial score (nSPS) is 11.9. The fourth-order valence-corrected chi connectivity index (χ4v) is 8.52. The number of anilines is 3. The van der Waals surface area contributed by atoms with Gasteiger partial charge in [-0.2, -0.15) is 24.2 Å². The Balaban J connectivity index is 0.00000102. The Morgan fingerprint density at radius 1 is 0.746 bits per heavy atom. The number of amides is 1. The van der Waals surface area contributed by atoms with E-state index in [0.29, 0.717) is 54.6 Å². The van der Waals surface area contributed by atoms with Crippen LogP contribution in [0.15, 0.2) is 92.4 Å². The Hall–Kier alpha value is -4.06. The molecule has 1 N–H and O–H groups in total. The predicted molar refractivity (Wildman–Crippen MR) is 291 cm³/mol. The van der Waals surface area contributed by atoms with Gasteiger partial charge < -0.3 is 19.3 Å². The van der Waals surface area contributed by atoms with Crippen LogP contribution in [-0.2, 0) is 27.7 Å². The maximum absolute atomic E-state index is 11.7. The van der Waals surface area contributed by atoms with Crippen molar-refractivity contribution >= 4 is 47.1 Å². The van der Waals surface area contributed by atoms with Crippen LogP contribution in [0.5, 0.6) is 5.75 Å². The molecule has 1 amide bonds. The molecular weight excluding hydrogens is 1040 g/mol. The van der Waals surface area contributed by atoms with Crippen LogP contribution in [0.4, 0.5) is 39.4 Å². The summed E-state index contributed by atoms with van der Waals surface area (Å²) in [6.07, 6.45) is 2.01. The first-order valence-corrected chi connectivity index (χ1v) is 30.0. The second-order valence-corrected chi connectivity index (χ2v) is 24.1. The number of carbonyl (C=O) groups excluding carboxylic acids is 1. The van der Waals surface area contributed by atoms with E-state index in [-0.39, 0.29) is 12.0 Å². The van der Waals surface area contributed by atoms with Crippen LogP contribution >= 0.6 is 19.4 Å². The second kappa shape index (κ2) is 37.7. The van der Waals surface area contributed by atoms with E-state index in [4.69, 9.17) is 33.6 Å². The van der Waals surface area contributed by atoms with E-state index < -0.39 is 31.8 Å². The molecule has 0 atom stereocenters. The second-order valence-electron chi connectivity index (χ2n) is 18.4. The molecule has 0 saturated carbocycles. The average molecular weight is 1130 g/mol. The number of nitrogens with zero attached hydrogens (tertiary/aromatic N) is 2. The molecule has 71 heavy (non-hydrogen) atoms. The molecule has 3 aromatic rings. The number of ether oxygens (including phenoxy) is 4. The quantitative estimate of drug-likeness (QED) is 0.0397. The molecule has 0 aromatic heterocycles. The summed E-state index contributed by atoms with van der Waals surface area (Å²) in [5.41, 5.74) is 10.1. The third-order valence-electron chi connectivity index (χ3n) is 10.00. The van der Waals surface area contributed by atoms with Gasteiger partial charge in [-0.25, -0.2) is 0 Å². The van der Waals surface area contributed by atoms with Crippen LogP contribution in [0.2, 0.25) is 0 Å². The maximum atomic E-state index is 11.7. The van der Waals surface area contributed by atoms with Gasteiger partial charge in [0.05, 0.1) is 19.5 Å². The number of carbonyl (C=O) groups is 1. The first-order valence-electron chi connectivity index (χ1n) is 24.5.